The monoisotopic (exact) mass is 285 g/mol. The molecular formula is C11H15N3O4S. The molecule has 1 aliphatic rings. The van der Waals surface area contributed by atoms with Crippen LogP contribution in [0.3, 0.4) is 0 Å². The number of benzene rings is 1. The Morgan fingerprint density at radius 2 is 2.11 bits per heavy atom. The van der Waals surface area contributed by atoms with Gasteiger partial charge in [0.25, 0.3) is 0 Å². The number of amides is 1. The highest BCUT2D eigenvalue weighted by molar-refractivity contribution is 7.88. The van der Waals surface area contributed by atoms with Crippen LogP contribution in [0.4, 0.5) is 4.79 Å². The summed E-state index contributed by atoms with van der Waals surface area (Å²) in [5, 5.41) is 0. The maximum absolute atomic E-state index is 11.7. The van der Waals surface area contributed by atoms with Crippen LogP contribution < -0.4 is 15.2 Å². The molecule has 1 aliphatic carbocycles. The lowest BCUT2D eigenvalue weighted by Gasteiger charge is -2.18. The van der Waals surface area contributed by atoms with Crippen LogP contribution >= 0.6 is 0 Å². The van der Waals surface area contributed by atoms with Crippen molar-refractivity contribution in [1.82, 2.24) is 9.44 Å². The number of nitrogens with one attached hydrogen (secondary N) is 2. The van der Waals surface area contributed by atoms with E-state index in [-0.39, 0.29) is 6.04 Å². The minimum absolute atomic E-state index is 0.369. The molecule has 104 valence electrons. The number of carbonyl (C=O) groups is 1. The molecule has 0 saturated carbocycles. The van der Waals surface area contributed by atoms with Gasteiger partial charge in [-0.1, -0.05) is 24.3 Å². The third-order valence-corrected chi connectivity index (χ3v) is 3.96. The van der Waals surface area contributed by atoms with Crippen molar-refractivity contribution >= 4 is 16.3 Å². The molecule has 2 rings (SSSR count). The number of fused-ring (bicyclic) bond motifs is 1. The second kappa shape index (κ2) is 5.16. The van der Waals surface area contributed by atoms with E-state index in [0.29, 0.717) is 6.42 Å². The molecule has 2 unspecified atom stereocenters. The van der Waals surface area contributed by atoms with E-state index in [0.717, 1.165) is 18.2 Å². The van der Waals surface area contributed by atoms with Crippen LogP contribution in [0.2, 0.25) is 0 Å². The SMILES string of the molecule is COC(=O)NS(=O)(=O)NC1c2ccccc2CC1N. The van der Waals surface area contributed by atoms with Crippen LogP contribution in [0.1, 0.15) is 17.2 Å². The number of ether oxygens (including phenoxy) is 1. The summed E-state index contributed by atoms with van der Waals surface area (Å²) >= 11 is 0. The van der Waals surface area contributed by atoms with E-state index in [1.807, 2.05) is 24.3 Å². The molecule has 1 aromatic carbocycles. The van der Waals surface area contributed by atoms with Crippen LogP contribution in [-0.2, 0) is 21.4 Å². The van der Waals surface area contributed by atoms with Crippen molar-refractivity contribution in [2.75, 3.05) is 7.11 Å². The van der Waals surface area contributed by atoms with Gasteiger partial charge in [0.15, 0.2) is 0 Å². The number of methoxy groups -OCH3 is 1. The first-order valence-corrected chi connectivity index (χ1v) is 7.12. The Hall–Kier alpha value is -1.64. The maximum atomic E-state index is 11.7. The van der Waals surface area contributed by atoms with E-state index in [2.05, 4.69) is 9.46 Å². The normalized spacial score (nSPS) is 21.8. The van der Waals surface area contributed by atoms with E-state index in [4.69, 9.17) is 5.73 Å². The van der Waals surface area contributed by atoms with Crippen LogP contribution in [0.15, 0.2) is 24.3 Å². The van der Waals surface area contributed by atoms with Crippen LogP contribution in [0.5, 0.6) is 0 Å². The Labute approximate surface area is 111 Å². The molecule has 0 saturated heterocycles. The summed E-state index contributed by atoms with van der Waals surface area (Å²) in [6, 6.07) is 6.47. The highest BCUT2D eigenvalue weighted by Gasteiger charge is 2.33. The van der Waals surface area contributed by atoms with Gasteiger partial charge in [-0.05, 0) is 17.5 Å². The van der Waals surface area contributed by atoms with E-state index in [1.54, 1.807) is 4.72 Å². The lowest BCUT2D eigenvalue weighted by molar-refractivity contribution is 0.177. The average Bonchev–Trinajstić information content (AvgIpc) is 2.65. The smallest absolute Gasteiger partial charge is 0.421 e. The van der Waals surface area contributed by atoms with Gasteiger partial charge in [0.2, 0.25) is 0 Å². The minimum atomic E-state index is -4.01. The zero-order valence-corrected chi connectivity index (χ0v) is 11.1. The summed E-state index contributed by atoms with van der Waals surface area (Å²) in [6.07, 6.45) is -0.464. The predicted octanol–water partition coefficient (Wildman–Crippen LogP) is -0.199. The van der Waals surface area contributed by atoms with Crippen LogP contribution in [0.25, 0.3) is 0 Å². The van der Waals surface area contributed by atoms with Crippen molar-refractivity contribution in [2.24, 2.45) is 5.73 Å². The van der Waals surface area contributed by atoms with Crippen molar-refractivity contribution < 1.29 is 17.9 Å². The van der Waals surface area contributed by atoms with Crippen molar-refractivity contribution in [3.05, 3.63) is 35.4 Å². The fourth-order valence-electron chi connectivity index (χ4n) is 2.12. The number of hydrogen-bond donors (Lipinski definition) is 3. The van der Waals surface area contributed by atoms with Gasteiger partial charge in [-0.3, -0.25) is 0 Å². The molecule has 0 fully saturated rings. The van der Waals surface area contributed by atoms with Gasteiger partial charge in [-0.2, -0.15) is 13.1 Å². The molecule has 0 heterocycles. The van der Waals surface area contributed by atoms with Gasteiger partial charge < -0.3 is 10.5 Å². The van der Waals surface area contributed by atoms with Crippen LogP contribution in [-0.4, -0.2) is 27.7 Å². The fourth-order valence-corrected chi connectivity index (χ4v) is 3.12. The number of rotatable bonds is 3. The molecule has 2 atom stereocenters. The predicted molar refractivity (Wildman–Crippen MR) is 68.5 cm³/mol. The Morgan fingerprint density at radius 1 is 1.42 bits per heavy atom. The summed E-state index contributed by atoms with van der Waals surface area (Å²) in [5.41, 5.74) is 7.75. The van der Waals surface area contributed by atoms with Crippen molar-refractivity contribution in [3.8, 4) is 0 Å². The largest absolute Gasteiger partial charge is 0.452 e. The lowest BCUT2D eigenvalue weighted by Crippen LogP contribution is -2.45. The van der Waals surface area contributed by atoms with Gasteiger partial charge in [-0.15, -0.1) is 0 Å². The second-order valence-corrected chi connectivity index (χ2v) is 5.71. The Balaban J connectivity index is 2.18. The van der Waals surface area contributed by atoms with E-state index in [9.17, 15) is 13.2 Å². The minimum Gasteiger partial charge on any atom is -0.452 e. The highest BCUT2D eigenvalue weighted by atomic mass is 32.2. The molecule has 0 radical (unpaired) electrons. The van der Waals surface area contributed by atoms with Gasteiger partial charge in [0, 0.05) is 6.04 Å². The second-order valence-electron chi connectivity index (χ2n) is 4.26. The summed E-state index contributed by atoms with van der Waals surface area (Å²) in [4.78, 5) is 10.9. The number of carbonyl (C=O) groups excluding carboxylic acids is 1. The standard InChI is InChI=1S/C11H15N3O4S/c1-18-11(15)14-19(16,17)13-10-8-5-3-2-4-7(8)6-9(10)12/h2-5,9-10,13H,6,12H2,1H3,(H,14,15). The first-order valence-electron chi connectivity index (χ1n) is 5.64. The molecule has 19 heavy (non-hydrogen) atoms. The van der Waals surface area contributed by atoms with Crippen molar-refractivity contribution in [3.63, 3.8) is 0 Å². The molecule has 1 amide bonds. The third-order valence-electron chi connectivity index (χ3n) is 2.96. The summed E-state index contributed by atoms with van der Waals surface area (Å²) in [5.74, 6) is 0. The van der Waals surface area contributed by atoms with Gasteiger partial charge in [0.1, 0.15) is 0 Å². The molecule has 0 bridgehead atoms. The first kappa shape index (κ1) is 13.8. The lowest BCUT2D eigenvalue weighted by atomic mass is 10.1. The topological polar surface area (TPSA) is 111 Å². The first-order chi connectivity index (χ1) is 8.93. The molecule has 1 aromatic rings. The summed E-state index contributed by atoms with van der Waals surface area (Å²) < 4.78 is 31.8. The zero-order valence-electron chi connectivity index (χ0n) is 10.3. The van der Waals surface area contributed by atoms with Crippen molar-refractivity contribution in [2.45, 2.75) is 18.5 Å². The quantitative estimate of drug-likeness (QED) is 0.712. The summed E-state index contributed by atoms with van der Waals surface area (Å²) in [7, 11) is -2.92. The maximum Gasteiger partial charge on any atom is 0.421 e. The third kappa shape index (κ3) is 3.03. The van der Waals surface area contributed by atoms with Gasteiger partial charge in [-0.25, -0.2) is 9.52 Å². The van der Waals surface area contributed by atoms with Crippen molar-refractivity contribution in [1.29, 1.82) is 0 Å². The highest BCUT2D eigenvalue weighted by Crippen LogP contribution is 2.30. The molecular weight excluding hydrogens is 270 g/mol. The van der Waals surface area contributed by atoms with E-state index >= 15 is 0 Å². The van der Waals surface area contributed by atoms with E-state index < -0.39 is 22.3 Å². The van der Waals surface area contributed by atoms with E-state index in [1.165, 1.54) is 0 Å². The fraction of sp³-hybridized carbons (Fsp3) is 0.364. The number of hydrogen-bond acceptors (Lipinski definition) is 5. The van der Waals surface area contributed by atoms with Gasteiger partial charge >= 0.3 is 16.3 Å². The number of nitrogens with two attached hydrogens (primary N) is 1. The Morgan fingerprint density at radius 3 is 2.79 bits per heavy atom. The van der Waals surface area contributed by atoms with Crippen LogP contribution in [0, 0.1) is 0 Å². The molecule has 7 nitrogen and oxygen atoms in total. The molecule has 8 heteroatoms. The Kier molecular flexibility index (Phi) is 3.74. The molecule has 0 aliphatic heterocycles. The van der Waals surface area contributed by atoms with Gasteiger partial charge in [0.05, 0.1) is 13.2 Å². The summed E-state index contributed by atoms with van der Waals surface area (Å²) in [6.45, 7) is 0. The molecule has 4 N–H and O–H groups in total. The zero-order chi connectivity index (χ0) is 14.0. The average molecular weight is 285 g/mol. The molecule has 0 spiro atoms. The Bertz CT molecular complexity index is 587. The molecule has 0 aromatic heterocycles.